The van der Waals surface area contributed by atoms with Crippen LogP contribution in [0.3, 0.4) is 0 Å². The van der Waals surface area contributed by atoms with E-state index in [1.807, 2.05) is 26.1 Å². The van der Waals surface area contributed by atoms with Crippen LogP contribution in [0.5, 0.6) is 17.2 Å². The summed E-state index contributed by atoms with van der Waals surface area (Å²) in [6.45, 7) is 4.18. The molecule has 0 aliphatic carbocycles. The molecule has 3 heterocycles. The Morgan fingerprint density at radius 3 is 2.32 bits per heavy atom. The summed E-state index contributed by atoms with van der Waals surface area (Å²) in [5.41, 5.74) is 0.452. The quantitative estimate of drug-likeness (QED) is 0.509. The number of aromatic nitrogens is 3. The topological polar surface area (TPSA) is 132 Å². The van der Waals surface area contributed by atoms with Crippen molar-refractivity contribution in [2.45, 2.75) is 33.3 Å². The summed E-state index contributed by atoms with van der Waals surface area (Å²) in [4.78, 5) is 19.3. The largest absolute Gasteiger partial charge is 0.506 e. The van der Waals surface area contributed by atoms with Gasteiger partial charge >= 0.3 is 0 Å². The zero-order chi connectivity index (χ0) is 24.5. The number of ether oxygens (including phenoxy) is 3. The summed E-state index contributed by atoms with van der Waals surface area (Å²) >= 11 is 0. The number of hydrogen-bond donors (Lipinski definition) is 2. The molecule has 2 N–H and O–H groups in total. The van der Waals surface area contributed by atoms with Crippen LogP contribution in [-0.4, -0.2) is 47.3 Å². The smallest absolute Gasteiger partial charge is 0.264 e. The van der Waals surface area contributed by atoms with E-state index in [9.17, 15) is 9.90 Å². The predicted octanol–water partition coefficient (Wildman–Crippen LogP) is 3.89. The average Bonchev–Trinajstić information content (AvgIpc) is 3.58. The van der Waals surface area contributed by atoms with Crippen LogP contribution in [0.15, 0.2) is 44.7 Å². The first-order chi connectivity index (χ1) is 16.5. The summed E-state index contributed by atoms with van der Waals surface area (Å²) in [5.74, 6) is 0.871. The minimum Gasteiger partial charge on any atom is -0.506 e. The summed E-state index contributed by atoms with van der Waals surface area (Å²) in [5, 5.41) is 18.9. The Kier molecular flexibility index (Phi) is 8.58. The Labute approximate surface area is 196 Å². The van der Waals surface area contributed by atoms with E-state index in [0.717, 1.165) is 6.42 Å². The van der Waals surface area contributed by atoms with Crippen molar-refractivity contribution in [3.05, 3.63) is 52.4 Å². The summed E-state index contributed by atoms with van der Waals surface area (Å²) in [6, 6.07) is 5.22. The number of aromatic amines is 1. The minimum absolute atomic E-state index is 0.0696. The number of hydrogen-bond acceptors (Lipinski definition) is 9. The number of pyridine rings is 1. The maximum Gasteiger partial charge on any atom is 0.264 e. The van der Waals surface area contributed by atoms with Crippen molar-refractivity contribution in [2.24, 2.45) is 4.99 Å². The molecule has 0 fully saturated rings. The molecule has 0 saturated carbocycles. The average molecular weight is 469 g/mol. The number of nitrogens with zero attached hydrogens (tertiary/aromatic N) is 3. The molecule has 0 atom stereocenters. The Bertz CT molecular complexity index is 1200. The van der Waals surface area contributed by atoms with Gasteiger partial charge in [0.25, 0.3) is 11.4 Å². The second-order valence-corrected chi connectivity index (χ2v) is 7.01. The van der Waals surface area contributed by atoms with Crippen LogP contribution < -0.4 is 15.0 Å². The number of aliphatic imine (C=N–C) groups is 1. The van der Waals surface area contributed by atoms with E-state index in [1.165, 1.54) is 14.2 Å². The lowest BCUT2D eigenvalue weighted by molar-refractivity contribution is 0.131. The van der Waals surface area contributed by atoms with E-state index in [2.05, 4.69) is 20.2 Å². The highest BCUT2D eigenvalue weighted by Crippen LogP contribution is 2.46. The maximum absolute atomic E-state index is 12.8. The summed E-state index contributed by atoms with van der Waals surface area (Å²) in [7, 11) is 3.02. The van der Waals surface area contributed by atoms with Crippen LogP contribution in [0.2, 0.25) is 0 Å². The lowest BCUT2D eigenvalue weighted by atomic mass is 9.98. The molecule has 0 unspecified atom stereocenters. The highest BCUT2D eigenvalue weighted by molar-refractivity contribution is 5.86. The van der Waals surface area contributed by atoms with Crippen LogP contribution in [0, 0.1) is 0 Å². The number of nitrogens with one attached hydrogen (secondary N) is 1. The van der Waals surface area contributed by atoms with Gasteiger partial charge < -0.3 is 28.7 Å². The van der Waals surface area contributed by atoms with Gasteiger partial charge in [0.15, 0.2) is 0 Å². The Morgan fingerprint density at radius 2 is 1.82 bits per heavy atom. The monoisotopic (exact) mass is 468 g/mol. The van der Waals surface area contributed by atoms with Crippen molar-refractivity contribution in [3.8, 4) is 39.8 Å². The maximum atomic E-state index is 12.8. The first-order valence-corrected chi connectivity index (χ1v) is 10.8. The van der Waals surface area contributed by atoms with Crippen molar-refractivity contribution in [1.29, 1.82) is 0 Å². The zero-order valence-electron chi connectivity index (χ0n) is 19.6. The molecule has 10 heteroatoms. The molecule has 1 aliphatic rings. The molecule has 2 aromatic heterocycles. The number of benzene rings is 1. The van der Waals surface area contributed by atoms with Gasteiger partial charge in [-0.2, -0.15) is 0 Å². The lowest BCUT2D eigenvalue weighted by Crippen LogP contribution is -2.15. The molecule has 10 nitrogen and oxygen atoms in total. The molecule has 1 aliphatic heterocycles. The molecule has 34 heavy (non-hydrogen) atoms. The molecule has 0 amide bonds. The van der Waals surface area contributed by atoms with Crippen LogP contribution in [0.25, 0.3) is 22.6 Å². The van der Waals surface area contributed by atoms with Gasteiger partial charge in [0.1, 0.15) is 22.8 Å². The fraction of sp³-hybridized carbons (Fsp3) is 0.333. The van der Waals surface area contributed by atoms with Crippen molar-refractivity contribution >= 4 is 6.21 Å². The standard InChI is InChI=1S/C20H23N3O6.C4H5N/c1-5-14-22-23-20(29-14)17-18(24)15(11(10-28-6-2)21-19(17)25)16-12(26-3)8-7-9-13(16)27-4;1-2-4-5-3-1/h7-9H,5-6,10H2,1-4H3,(H2,21,24,25);1,3-4H,2H2. The van der Waals surface area contributed by atoms with Gasteiger partial charge in [0.05, 0.1) is 37.6 Å². The highest BCUT2D eigenvalue weighted by atomic mass is 16.5. The van der Waals surface area contributed by atoms with Crippen molar-refractivity contribution < 1.29 is 23.7 Å². The minimum atomic E-state index is -0.568. The van der Waals surface area contributed by atoms with Gasteiger partial charge in [0.2, 0.25) is 5.89 Å². The molecule has 180 valence electrons. The van der Waals surface area contributed by atoms with Crippen molar-refractivity contribution in [2.75, 3.05) is 20.8 Å². The molecular weight excluding hydrogens is 440 g/mol. The van der Waals surface area contributed by atoms with E-state index in [-0.39, 0.29) is 23.8 Å². The third-order valence-electron chi connectivity index (χ3n) is 4.92. The fourth-order valence-electron chi connectivity index (χ4n) is 3.32. The van der Waals surface area contributed by atoms with Gasteiger partial charge in [0, 0.05) is 31.9 Å². The number of rotatable bonds is 8. The molecule has 0 bridgehead atoms. The molecule has 1 aromatic carbocycles. The number of allylic oxidation sites excluding steroid dienone is 1. The molecule has 0 radical (unpaired) electrons. The number of H-pyrrole nitrogens is 1. The molecular formula is C24H28N4O6. The van der Waals surface area contributed by atoms with E-state index in [0.29, 0.717) is 47.2 Å². The van der Waals surface area contributed by atoms with Gasteiger partial charge in [-0.15, -0.1) is 10.2 Å². The van der Waals surface area contributed by atoms with Crippen LogP contribution in [-0.2, 0) is 17.8 Å². The lowest BCUT2D eigenvalue weighted by Gasteiger charge is -2.18. The van der Waals surface area contributed by atoms with E-state index in [1.54, 1.807) is 24.4 Å². The molecule has 0 spiro atoms. The molecule has 0 saturated heterocycles. The van der Waals surface area contributed by atoms with Gasteiger partial charge in [-0.05, 0) is 19.1 Å². The second-order valence-electron chi connectivity index (χ2n) is 7.01. The number of aryl methyl sites for hydroxylation is 1. The van der Waals surface area contributed by atoms with Gasteiger partial charge in [-0.3, -0.25) is 9.79 Å². The number of methoxy groups -OCH3 is 2. The van der Waals surface area contributed by atoms with Crippen LogP contribution in [0.1, 0.15) is 31.9 Å². The summed E-state index contributed by atoms with van der Waals surface area (Å²) in [6.07, 6.45) is 7.22. The SMILES string of the molecule is C1=CN=CC1.CCOCc1[nH]c(=O)c(-c2nnc(CC)o2)c(O)c1-c1c(OC)cccc1OC. The third kappa shape index (κ3) is 5.34. The number of aromatic hydroxyl groups is 1. The normalized spacial score (nSPS) is 11.9. The van der Waals surface area contributed by atoms with Crippen LogP contribution in [0.4, 0.5) is 0 Å². The zero-order valence-corrected chi connectivity index (χ0v) is 19.6. The highest BCUT2D eigenvalue weighted by Gasteiger charge is 2.27. The Balaban J connectivity index is 0.000000574. The Morgan fingerprint density at radius 1 is 1.09 bits per heavy atom. The second kappa shape index (κ2) is 11.8. The molecule has 3 aromatic rings. The fourth-order valence-corrected chi connectivity index (χ4v) is 3.32. The van der Waals surface area contributed by atoms with Crippen LogP contribution >= 0.6 is 0 Å². The van der Waals surface area contributed by atoms with E-state index < -0.39 is 5.56 Å². The van der Waals surface area contributed by atoms with Gasteiger partial charge in [-0.25, -0.2) is 0 Å². The first kappa shape index (κ1) is 24.7. The molecule has 4 rings (SSSR count). The van der Waals surface area contributed by atoms with Crippen molar-refractivity contribution in [3.63, 3.8) is 0 Å². The van der Waals surface area contributed by atoms with Gasteiger partial charge in [-0.1, -0.05) is 19.1 Å². The van der Waals surface area contributed by atoms with E-state index in [4.69, 9.17) is 18.6 Å². The predicted molar refractivity (Wildman–Crippen MR) is 128 cm³/mol. The van der Waals surface area contributed by atoms with E-state index >= 15 is 0 Å². The Hall–Kier alpha value is -3.92. The van der Waals surface area contributed by atoms with Crippen molar-refractivity contribution in [1.82, 2.24) is 15.2 Å². The summed E-state index contributed by atoms with van der Waals surface area (Å²) < 4.78 is 22.0. The first-order valence-electron chi connectivity index (χ1n) is 10.8. The third-order valence-corrected chi connectivity index (χ3v) is 4.92.